The number of rotatable bonds is 3. The van der Waals surface area contributed by atoms with E-state index in [9.17, 15) is 9.59 Å². The van der Waals surface area contributed by atoms with Crippen molar-refractivity contribution in [3.05, 3.63) is 0 Å². The van der Waals surface area contributed by atoms with E-state index in [0.717, 1.165) is 56.8 Å². The van der Waals surface area contributed by atoms with Crippen molar-refractivity contribution in [2.75, 3.05) is 31.1 Å². The topological polar surface area (TPSA) is 61.4 Å². The van der Waals surface area contributed by atoms with E-state index in [2.05, 4.69) is 10.6 Å². The quantitative estimate of drug-likeness (QED) is 0.782. The van der Waals surface area contributed by atoms with Crippen LogP contribution < -0.4 is 10.6 Å². The van der Waals surface area contributed by atoms with Gasteiger partial charge in [-0.1, -0.05) is 0 Å². The Morgan fingerprint density at radius 2 is 1.90 bits per heavy atom. The van der Waals surface area contributed by atoms with Crippen molar-refractivity contribution in [1.29, 1.82) is 0 Å². The standard InChI is InChI=1S/C14H23N3O2S/c18-13(10-1-2-10)16-11-3-6-17(7-4-11)14(19)12-9-20-8-5-15-12/h10-12,15H,1-9H2,(H,16,18). The molecular weight excluding hydrogens is 274 g/mol. The molecule has 0 spiro atoms. The molecule has 0 bridgehead atoms. The first kappa shape index (κ1) is 14.2. The van der Waals surface area contributed by atoms with Crippen molar-refractivity contribution in [3.8, 4) is 0 Å². The predicted molar refractivity (Wildman–Crippen MR) is 79.6 cm³/mol. The summed E-state index contributed by atoms with van der Waals surface area (Å²) in [5.74, 6) is 2.72. The third-order valence-corrected chi connectivity index (χ3v) is 5.38. The van der Waals surface area contributed by atoms with Gasteiger partial charge in [-0.25, -0.2) is 0 Å². The fourth-order valence-corrected chi connectivity index (χ4v) is 3.78. The fraction of sp³-hybridized carbons (Fsp3) is 0.857. The van der Waals surface area contributed by atoms with Crippen LogP contribution in [0.25, 0.3) is 0 Å². The molecule has 3 fully saturated rings. The van der Waals surface area contributed by atoms with Crippen molar-refractivity contribution in [3.63, 3.8) is 0 Å². The lowest BCUT2D eigenvalue weighted by Crippen LogP contribution is -2.54. The second-order valence-corrected chi connectivity index (χ2v) is 7.11. The molecule has 6 heteroatoms. The molecular formula is C14H23N3O2S. The summed E-state index contributed by atoms with van der Waals surface area (Å²) in [4.78, 5) is 26.1. The van der Waals surface area contributed by atoms with Crippen LogP contribution in [0, 0.1) is 5.92 Å². The molecule has 2 amide bonds. The van der Waals surface area contributed by atoms with Crippen molar-refractivity contribution < 1.29 is 9.59 Å². The second-order valence-electron chi connectivity index (χ2n) is 5.96. The summed E-state index contributed by atoms with van der Waals surface area (Å²) in [6, 6.07) is 0.257. The van der Waals surface area contributed by atoms with Crippen LogP contribution in [0.15, 0.2) is 0 Å². The number of piperidine rings is 1. The van der Waals surface area contributed by atoms with E-state index >= 15 is 0 Å². The van der Waals surface area contributed by atoms with Crippen LogP contribution >= 0.6 is 11.8 Å². The Balaban J connectivity index is 1.42. The van der Waals surface area contributed by atoms with Gasteiger partial charge >= 0.3 is 0 Å². The molecule has 2 saturated heterocycles. The van der Waals surface area contributed by atoms with E-state index in [1.165, 1.54) is 0 Å². The molecule has 5 nitrogen and oxygen atoms in total. The molecule has 1 aliphatic carbocycles. The van der Waals surface area contributed by atoms with Crippen molar-refractivity contribution >= 4 is 23.6 Å². The molecule has 2 heterocycles. The van der Waals surface area contributed by atoms with Crippen molar-refractivity contribution in [1.82, 2.24) is 15.5 Å². The van der Waals surface area contributed by atoms with Gasteiger partial charge in [-0.15, -0.1) is 0 Å². The van der Waals surface area contributed by atoms with Crippen LogP contribution in [0.1, 0.15) is 25.7 Å². The molecule has 0 aromatic heterocycles. The number of nitrogens with zero attached hydrogens (tertiary/aromatic N) is 1. The molecule has 3 aliphatic rings. The number of hydrogen-bond acceptors (Lipinski definition) is 4. The fourth-order valence-electron chi connectivity index (χ4n) is 2.85. The molecule has 1 unspecified atom stereocenters. The van der Waals surface area contributed by atoms with E-state index in [1.54, 1.807) is 0 Å². The summed E-state index contributed by atoms with van der Waals surface area (Å²) in [5.41, 5.74) is 0. The molecule has 1 saturated carbocycles. The largest absolute Gasteiger partial charge is 0.353 e. The summed E-state index contributed by atoms with van der Waals surface area (Å²) in [7, 11) is 0. The van der Waals surface area contributed by atoms with Gasteiger partial charge in [-0.3, -0.25) is 9.59 Å². The SMILES string of the molecule is O=C(NC1CCN(C(=O)C2CSCCN2)CC1)C1CC1. The molecule has 2 N–H and O–H groups in total. The van der Waals surface area contributed by atoms with Crippen molar-refractivity contribution in [2.24, 2.45) is 5.92 Å². The summed E-state index contributed by atoms with van der Waals surface area (Å²) in [5, 5.41) is 6.42. The van der Waals surface area contributed by atoms with Gasteiger partial charge in [0, 0.05) is 43.1 Å². The maximum absolute atomic E-state index is 12.4. The van der Waals surface area contributed by atoms with Gasteiger partial charge in [0.05, 0.1) is 6.04 Å². The summed E-state index contributed by atoms with van der Waals surface area (Å²) in [6.07, 6.45) is 3.89. The molecule has 0 aromatic rings. The lowest BCUT2D eigenvalue weighted by Gasteiger charge is -2.35. The summed E-state index contributed by atoms with van der Waals surface area (Å²) in [6.45, 7) is 2.48. The first-order valence-electron chi connectivity index (χ1n) is 7.64. The number of likely N-dealkylation sites (tertiary alicyclic amines) is 1. The highest BCUT2D eigenvalue weighted by molar-refractivity contribution is 7.99. The summed E-state index contributed by atoms with van der Waals surface area (Å²) < 4.78 is 0. The van der Waals surface area contributed by atoms with E-state index < -0.39 is 0 Å². The smallest absolute Gasteiger partial charge is 0.240 e. The average Bonchev–Trinajstić information content (AvgIpc) is 3.33. The predicted octanol–water partition coefficient (Wildman–Crippen LogP) is 0.209. The van der Waals surface area contributed by atoms with Crippen LogP contribution in [0.3, 0.4) is 0 Å². The number of nitrogens with one attached hydrogen (secondary N) is 2. The van der Waals surface area contributed by atoms with Gasteiger partial charge in [0.2, 0.25) is 11.8 Å². The molecule has 2 aliphatic heterocycles. The van der Waals surface area contributed by atoms with E-state index in [0.29, 0.717) is 0 Å². The Morgan fingerprint density at radius 3 is 2.50 bits per heavy atom. The average molecular weight is 297 g/mol. The number of carbonyl (C=O) groups excluding carboxylic acids is 2. The molecule has 0 radical (unpaired) electrons. The number of hydrogen-bond donors (Lipinski definition) is 2. The normalized spacial score (nSPS) is 28.2. The van der Waals surface area contributed by atoms with Crippen LogP contribution in [-0.2, 0) is 9.59 Å². The lowest BCUT2D eigenvalue weighted by molar-refractivity contribution is -0.134. The number of carbonyl (C=O) groups is 2. The molecule has 112 valence electrons. The first-order chi connectivity index (χ1) is 9.74. The first-order valence-corrected chi connectivity index (χ1v) is 8.80. The highest BCUT2D eigenvalue weighted by atomic mass is 32.2. The molecule has 0 aromatic carbocycles. The lowest BCUT2D eigenvalue weighted by atomic mass is 10.0. The van der Waals surface area contributed by atoms with E-state index in [-0.39, 0.29) is 29.8 Å². The van der Waals surface area contributed by atoms with Crippen LogP contribution in [-0.4, -0.2) is 59.9 Å². The Morgan fingerprint density at radius 1 is 1.15 bits per heavy atom. The molecule has 20 heavy (non-hydrogen) atoms. The van der Waals surface area contributed by atoms with E-state index in [4.69, 9.17) is 0 Å². The minimum absolute atomic E-state index is 0.00800. The van der Waals surface area contributed by atoms with Crippen LogP contribution in [0.4, 0.5) is 0 Å². The second kappa shape index (κ2) is 6.35. The third kappa shape index (κ3) is 3.47. The highest BCUT2D eigenvalue weighted by Gasteiger charge is 2.33. The Labute approximate surface area is 124 Å². The van der Waals surface area contributed by atoms with E-state index in [1.807, 2.05) is 16.7 Å². The Hall–Kier alpha value is -0.750. The molecule has 1 atom stereocenters. The minimum Gasteiger partial charge on any atom is -0.353 e. The maximum Gasteiger partial charge on any atom is 0.240 e. The minimum atomic E-state index is -0.00800. The monoisotopic (exact) mass is 297 g/mol. The zero-order chi connectivity index (χ0) is 13.9. The maximum atomic E-state index is 12.4. The Bertz CT molecular complexity index is 373. The number of thioether (sulfide) groups is 1. The van der Waals surface area contributed by atoms with Gasteiger partial charge in [0.25, 0.3) is 0 Å². The van der Waals surface area contributed by atoms with Gasteiger partial charge in [0.1, 0.15) is 0 Å². The van der Waals surface area contributed by atoms with Crippen LogP contribution in [0.5, 0.6) is 0 Å². The van der Waals surface area contributed by atoms with Gasteiger partial charge in [-0.2, -0.15) is 11.8 Å². The van der Waals surface area contributed by atoms with Gasteiger partial charge < -0.3 is 15.5 Å². The highest BCUT2D eigenvalue weighted by Crippen LogP contribution is 2.29. The van der Waals surface area contributed by atoms with Gasteiger partial charge in [0.15, 0.2) is 0 Å². The zero-order valence-corrected chi connectivity index (χ0v) is 12.6. The third-order valence-electron chi connectivity index (χ3n) is 4.32. The Kier molecular flexibility index (Phi) is 4.51. The molecule has 3 rings (SSSR count). The van der Waals surface area contributed by atoms with Crippen LogP contribution in [0.2, 0.25) is 0 Å². The van der Waals surface area contributed by atoms with Crippen molar-refractivity contribution in [2.45, 2.75) is 37.8 Å². The summed E-state index contributed by atoms with van der Waals surface area (Å²) >= 11 is 1.85. The number of amides is 2. The zero-order valence-electron chi connectivity index (χ0n) is 11.8. The van der Waals surface area contributed by atoms with Gasteiger partial charge in [-0.05, 0) is 25.7 Å².